The Morgan fingerprint density at radius 2 is 2.06 bits per heavy atom. The van der Waals surface area contributed by atoms with Crippen LogP contribution in [0, 0.1) is 13.8 Å². The van der Waals surface area contributed by atoms with Gasteiger partial charge in [0.15, 0.2) is 0 Å². The first-order chi connectivity index (χ1) is 15.5. The molecule has 2 N–H and O–H groups in total. The molecule has 6 heteroatoms. The number of anilines is 1. The van der Waals surface area contributed by atoms with E-state index < -0.39 is 5.97 Å². The average molecular weight is 428 g/mol. The van der Waals surface area contributed by atoms with Crippen LogP contribution in [0.3, 0.4) is 0 Å². The molecule has 0 spiro atoms. The van der Waals surface area contributed by atoms with Crippen molar-refractivity contribution in [1.29, 1.82) is 0 Å². The summed E-state index contributed by atoms with van der Waals surface area (Å²) in [5, 5.41) is 13.6. The van der Waals surface area contributed by atoms with Gasteiger partial charge in [-0.2, -0.15) is 0 Å². The highest BCUT2D eigenvalue weighted by Gasteiger charge is 2.26. The largest absolute Gasteiger partial charge is 0.493 e. The monoisotopic (exact) mass is 428 g/mol. The topological polar surface area (TPSA) is 84.6 Å². The summed E-state index contributed by atoms with van der Waals surface area (Å²) in [5.74, 6) is 0.733. The summed E-state index contributed by atoms with van der Waals surface area (Å²) in [5.41, 5.74) is 7.16. The van der Waals surface area contributed by atoms with Gasteiger partial charge in [0.1, 0.15) is 11.5 Å². The fraction of sp³-hybridized carbons (Fsp3) is 0.231. The predicted molar refractivity (Wildman–Crippen MR) is 123 cm³/mol. The van der Waals surface area contributed by atoms with Crippen molar-refractivity contribution in [2.45, 2.75) is 32.7 Å². The van der Waals surface area contributed by atoms with Crippen LogP contribution in [-0.4, -0.2) is 22.7 Å². The van der Waals surface area contributed by atoms with Crippen molar-refractivity contribution in [1.82, 2.24) is 4.98 Å². The van der Waals surface area contributed by atoms with E-state index in [1.54, 1.807) is 6.20 Å². The standard InChI is InChI=1S/C26H24N2O4/c1-15-17(5-3-6-20(15)25-16(2)32-26-22(25)7-4-10-27-26)13-28-19-8-9-21-18(11-24(29)30)14-31-23(21)12-19/h3-10,12,18,28H,11,13-14H2,1-2H3,(H,29,30). The second kappa shape index (κ2) is 8.04. The van der Waals surface area contributed by atoms with E-state index in [1.165, 1.54) is 11.1 Å². The van der Waals surface area contributed by atoms with E-state index in [4.69, 9.17) is 14.3 Å². The molecular formula is C26H24N2O4. The molecule has 32 heavy (non-hydrogen) atoms. The number of aromatic nitrogens is 1. The van der Waals surface area contributed by atoms with Crippen molar-refractivity contribution in [3.63, 3.8) is 0 Å². The Labute approximate surface area is 185 Å². The molecular weight excluding hydrogens is 404 g/mol. The van der Waals surface area contributed by atoms with E-state index in [9.17, 15) is 4.79 Å². The van der Waals surface area contributed by atoms with Crippen LogP contribution in [0.2, 0.25) is 0 Å². The van der Waals surface area contributed by atoms with Crippen LogP contribution in [0.1, 0.15) is 34.8 Å². The summed E-state index contributed by atoms with van der Waals surface area (Å²) >= 11 is 0. The number of furan rings is 1. The molecule has 5 rings (SSSR count). The van der Waals surface area contributed by atoms with Gasteiger partial charge in [0.25, 0.3) is 0 Å². The second-order valence-corrected chi connectivity index (χ2v) is 8.19. The highest BCUT2D eigenvalue weighted by Crippen LogP contribution is 2.38. The molecule has 0 saturated heterocycles. The number of carboxylic acids is 1. The minimum Gasteiger partial charge on any atom is -0.493 e. The number of carboxylic acid groups (broad SMARTS) is 1. The Hall–Kier alpha value is -3.80. The number of hydrogen-bond donors (Lipinski definition) is 2. The molecule has 0 amide bonds. The Morgan fingerprint density at radius 3 is 2.91 bits per heavy atom. The lowest BCUT2D eigenvalue weighted by Crippen LogP contribution is -2.07. The van der Waals surface area contributed by atoms with Crippen LogP contribution in [0.25, 0.3) is 22.2 Å². The van der Waals surface area contributed by atoms with Crippen LogP contribution >= 0.6 is 0 Å². The number of aryl methyl sites for hydroxylation is 1. The fourth-order valence-electron chi connectivity index (χ4n) is 4.49. The van der Waals surface area contributed by atoms with Gasteiger partial charge in [-0.1, -0.05) is 24.3 Å². The third-order valence-electron chi connectivity index (χ3n) is 6.16. The first kappa shape index (κ1) is 20.1. The Morgan fingerprint density at radius 1 is 1.19 bits per heavy atom. The number of nitrogens with one attached hydrogen (secondary N) is 1. The molecule has 2 aromatic carbocycles. The minimum atomic E-state index is -0.805. The molecule has 1 atom stereocenters. The Bertz CT molecular complexity index is 1320. The maximum atomic E-state index is 11.1. The SMILES string of the molecule is Cc1oc2ncccc2c1-c1cccc(CNc2ccc3c(c2)OCC3CC(=O)O)c1C. The predicted octanol–water partition coefficient (Wildman–Crippen LogP) is 5.67. The van der Waals surface area contributed by atoms with Crippen LogP contribution in [0.4, 0.5) is 5.69 Å². The lowest BCUT2D eigenvalue weighted by Gasteiger charge is -2.14. The molecule has 6 nitrogen and oxygen atoms in total. The summed E-state index contributed by atoms with van der Waals surface area (Å²) in [6, 6.07) is 16.2. The van der Waals surface area contributed by atoms with E-state index in [0.29, 0.717) is 18.9 Å². The van der Waals surface area contributed by atoms with Crippen molar-refractivity contribution < 1.29 is 19.1 Å². The molecule has 4 aromatic rings. The van der Waals surface area contributed by atoms with Crippen molar-refractivity contribution in [3.8, 4) is 16.9 Å². The van der Waals surface area contributed by atoms with E-state index in [0.717, 1.165) is 39.3 Å². The van der Waals surface area contributed by atoms with E-state index in [1.807, 2.05) is 37.3 Å². The first-order valence-corrected chi connectivity index (χ1v) is 10.7. The van der Waals surface area contributed by atoms with Crippen molar-refractivity contribution in [2.24, 2.45) is 0 Å². The van der Waals surface area contributed by atoms with E-state index >= 15 is 0 Å². The van der Waals surface area contributed by atoms with E-state index in [-0.39, 0.29) is 12.3 Å². The van der Waals surface area contributed by atoms with Gasteiger partial charge in [0, 0.05) is 46.9 Å². The highest BCUT2D eigenvalue weighted by atomic mass is 16.5. The molecule has 1 aliphatic heterocycles. The summed E-state index contributed by atoms with van der Waals surface area (Å²) in [4.78, 5) is 15.4. The Kier molecular flexibility index (Phi) is 5.05. The number of aliphatic carboxylic acids is 1. The number of carbonyl (C=O) groups is 1. The molecule has 1 unspecified atom stereocenters. The van der Waals surface area contributed by atoms with Gasteiger partial charge in [0.2, 0.25) is 5.71 Å². The smallest absolute Gasteiger partial charge is 0.304 e. The number of rotatable bonds is 6. The highest BCUT2D eigenvalue weighted by molar-refractivity contribution is 5.94. The molecule has 0 bridgehead atoms. The van der Waals surface area contributed by atoms with Gasteiger partial charge in [0.05, 0.1) is 13.0 Å². The van der Waals surface area contributed by atoms with Crippen LogP contribution in [0.15, 0.2) is 59.1 Å². The third kappa shape index (κ3) is 3.58. The molecule has 0 radical (unpaired) electrons. The number of fused-ring (bicyclic) bond motifs is 2. The number of hydrogen-bond acceptors (Lipinski definition) is 5. The molecule has 1 aliphatic rings. The number of benzene rings is 2. The van der Waals surface area contributed by atoms with Crippen LogP contribution in [0.5, 0.6) is 5.75 Å². The maximum absolute atomic E-state index is 11.1. The number of ether oxygens (including phenoxy) is 1. The quantitative estimate of drug-likeness (QED) is 0.411. The van der Waals surface area contributed by atoms with Crippen LogP contribution < -0.4 is 10.1 Å². The molecule has 162 valence electrons. The maximum Gasteiger partial charge on any atom is 0.304 e. The summed E-state index contributed by atoms with van der Waals surface area (Å²) in [6.07, 6.45) is 1.83. The first-order valence-electron chi connectivity index (χ1n) is 10.7. The van der Waals surface area contributed by atoms with Crippen molar-refractivity contribution >= 4 is 22.8 Å². The second-order valence-electron chi connectivity index (χ2n) is 8.19. The van der Waals surface area contributed by atoms with Crippen molar-refractivity contribution in [3.05, 3.63) is 77.2 Å². The van der Waals surface area contributed by atoms with Crippen LogP contribution in [-0.2, 0) is 11.3 Å². The molecule has 2 aromatic heterocycles. The lowest BCUT2D eigenvalue weighted by molar-refractivity contribution is -0.137. The molecule has 0 aliphatic carbocycles. The van der Waals surface area contributed by atoms with Gasteiger partial charge >= 0.3 is 5.97 Å². The molecule has 0 saturated carbocycles. The van der Waals surface area contributed by atoms with Gasteiger partial charge in [-0.3, -0.25) is 4.79 Å². The lowest BCUT2D eigenvalue weighted by atomic mass is 9.95. The molecule has 3 heterocycles. The normalized spacial score (nSPS) is 14.9. The van der Waals surface area contributed by atoms with Gasteiger partial charge in [-0.05, 0) is 48.7 Å². The fourth-order valence-corrected chi connectivity index (χ4v) is 4.49. The van der Waals surface area contributed by atoms with E-state index in [2.05, 4.69) is 35.4 Å². The van der Waals surface area contributed by atoms with Gasteiger partial charge in [-0.25, -0.2) is 4.98 Å². The number of nitrogens with zero attached hydrogens (tertiary/aromatic N) is 1. The summed E-state index contributed by atoms with van der Waals surface area (Å²) < 4.78 is 11.6. The average Bonchev–Trinajstić information content (AvgIpc) is 3.32. The number of pyridine rings is 1. The zero-order chi connectivity index (χ0) is 22.2. The zero-order valence-electron chi connectivity index (χ0n) is 18.0. The summed E-state index contributed by atoms with van der Waals surface area (Å²) in [7, 11) is 0. The molecule has 0 fully saturated rings. The van der Waals surface area contributed by atoms with Gasteiger partial charge < -0.3 is 19.6 Å². The van der Waals surface area contributed by atoms with Gasteiger partial charge in [-0.15, -0.1) is 0 Å². The zero-order valence-corrected chi connectivity index (χ0v) is 18.0. The van der Waals surface area contributed by atoms with Crippen molar-refractivity contribution in [2.75, 3.05) is 11.9 Å². The minimum absolute atomic E-state index is 0.0852. The third-order valence-corrected chi connectivity index (χ3v) is 6.16. The Balaban J connectivity index is 1.39. The summed E-state index contributed by atoms with van der Waals surface area (Å²) in [6.45, 7) is 5.18.